The van der Waals surface area contributed by atoms with Crippen molar-refractivity contribution in [3.63, 3.8) is 0 Å². The number of carbonyl (C=O) groups is 1. The van der Waals surface area contributed by atoms with Crippen molar-refractivity contribution in [1.82, 2.24) is 19.8 Å². The summed E-state index contributed by atoms with van der Waals surface area (Å²) in [5.74, 6) is 1.60. The number of thiazole rings is 1. The summed E-state index contributed by atoms with van der Waals surface area (Å²) in [5, 5.41) is 10.3. The molecule has 4 heterocycles. The van der Waals surface area contributed by atoms with Crippen molar-refractivity contribution in [1.29, 1.82) is 0 Å². The monoisotopic (exact) mass is 605 g/mol. The summed E-state index contributed by atoms with van der Waals surface area (Å²) in [7, 11) is 1.56. The summed E-state index contributed by atoms with van der Waals surface area (Å²) < 4.78 is 0. The molecule has 0 radical (unpaired) electrons. The molecule has 0 saturated carbocycles. The SMILES string of the molecule is C=N/C(=C\SCNc1ccc(C)cn1)c1sc(C)nc1C.CO/N=C(/C)C[C@H]1CN(C=O)C[C@H]2C(c3ccccc3)N12. The van der Waals surface area contributed by atoms with Gasteiger partial charge in [0.05, 0.1) is 38.9 Å². The van der Waals surface area contributed by atoms with Crippen LogP contribution in [0.1, 0.15) is 46.1 Å². The van der Waals surface area contributed by atoms with Gasteiger partial charge in [-0.3, -0.25) is 14.7 Å². The van der Waals surface area contributed by atoms with Gasteiger partial charge in [0.25, 0.3) is 0 Å². The number of pyridine rings is 1. The number of fused-ring (bicyclic) bond motifs is 1. The first-order chi connectivity index (χ1) is 20.3. The molecule has 1 amide bonds. The smallest absolute Gasteiger partial charge is 0.209 e. The number of benzene rings is 1. The van der Waals surface area contributed by atoms with Gasteiger partial charge in [0.2, 0.25) is 6.41 Å². The van der Waals surface area contributed by atoms with Gasteiger partial charge in [-0.2, -0.15) is 0 Å². The molecule has 42 heavy (non-hydrogen) atoms. The van der Waals surface area contributed by atoms with E-state index in [1.807, 2.05) is 62.4 Å². The molecule has 2 aromatic heterocycles. The summed E-state index contributed by atoms with van der Waals surface area (Å²) in [5.41, 5.74) is 5.34. The largest absolute Gasteiger partial charge is 0.399 e. The number of thioether (sulfide) groups is 1. The Morgan fingerprint density at radius 1 is 1.21 bits per heavy atom. The van der Waals surface area contributed by atoms with Crippen molar-refractivity contribution < 1.29 is 9.63 Å². The summed E-state index contributed by atoms with van der Waals surface area (Å²) >= 11 is 3.27. The number of rotatable bonds is 11. The Hall–Kier alpha value is -3.54. The predicted octanol–water partition coefficient (Wildman–Crippen LogP) is 5.93. The molecule has 2 aliphatic rings. The number of nitrogens with one attached hydrogen (secondary N) is 1. The number of anilines is 1. The van der Waals surface area contributed by atoms with Crippen LogP contribution in [0.3, 0.4) is 0 Å². The summed E-state index contributed by atoms with van der Waals surface area (Å²) in [6.45, 7) is 13.2. The highest BCUT2D eigenvalue weighted by atomic mass is 32.2. The molecule has 1 N–H and O–H groups in total. The van der Waals surface area contributed by atoms with Crippen LogP contribution in [0.15, 0.2) is 64.2 Å². The van der Waals surface area contributed by atoms with E-state index in [2.05, 4.69) is 61.3 Å². The van der Waals surface area contributed by atoms with Crippen molar-refractivity contribution in [3.8, 4) is 0 Å². The summed E-state index contributed by atoms with van der Waals surface area (Å²) in [4.78, 5) is 34.3. The molecule has 2 unspecified atom stereocenters. The van der Waals surface area contributed by atoms with Crippen LogP contribution >= 0.6 is 23.1 Å². The van der Waals surface area contributed by atoms with E-state index < -0.39 is 0 Å². The number of aromatic nitrogens is 2. The van der Waals surface area contributed by atoms with E-state index in [0.29, 0.717) is 18.1 Å². The first-order valence-corrected chi connectivity index (χ1v) is 15.7. The molecule has 5 rings (SSSR count). The molecule has 9 nitrogen and oxygen atoms in total. The summed E-state index contributed by atoms with van der Waals surface area (Å²) in [6.07, 6.45) is 3.65. The van der Waals surface area contributed by atoms with Crippen molar-refractivity contribution in [2.75, 3.05) is 31.4 Å². The molecule has 0 aliphatic carbocycles. The highest BCUT2D eigenvalue weighted by Gasteiger charge is 2.55. The summed E-state index contributed by atoms with van der Waals surface area (Å²) in [6, 6.07) is 15.7. The molecule has 11 heteroatoms. The Kier molecular flexibility index (Phi) is 11.3. The fourth-order valence-electron chi connectivity index (χ4n) is 5.25. The first kappa shape index (κ1) is 31.4. The maximum absolute atomic E-state index is 11.2. The van der Waals surface area contributed by atoms with Crippen molar-refractivity contribution in [3.05, 3.63) is 80.8 Å². The average molecular weight is 606 g/mol. The third kappa shape index (κ3) is 8.27. The quantitative estimate of drug-likeness (QED) is 0.0723. The Balaban J connectivity index is 0.000000193. The topological polar surface area (TPSA) is 95.1 Å². The number of amides is 1. The second kappa shape index (κ2) is 15.1. The maximum Gasteiger partial charge on any atom is 0.209 e. The highest BCUT2D eigenvalue weighted by Crippen LogP contribution is 2.48. The van der Waals surface area contributed by atoms with Crippen LogP contribution in [0.4, 0.5) is 5.82 Å². The van der Waals surface area contributed by atoms with Gasteiger partial charge in [-0.05, 0) is 57.0 Å². The van der Waals surface area contributed by atoms with Crippen molar-refractivity contribution >= 4 is 53.5 Å². The van der Waals surface area contributed by atoms with Gasteiger partial charge in [0, 0.05) is 37.8 Å². The lowest BCUT2D eigenvalue weighted by atomic mass is 10.1. The number of oxime groups is 1. The molecule has 0 bridgehead atoms. The Labute approximate surface area is 256 Å². The van der Waals surface area contributed by atoms with E-state index in [1.54, 1.807) is 30.2 Å². The second-order valence-electron chi connectivity index (χ2n) is 10.3. The number of carbonyl (C=O) groups excluding carboxylic acids is 1. The van der Waals surface area contributed by atoms with Crippen LogP contribution in [0.5, 0.6) is 0 Å². The molecule has 4 atom stereocenters. The van der Waals surface area contributed by atoms with E-state index in [-0.39, 0.29) is 0 Å². The van der Waals surface area contributed by atoms with Crippen LogP contribution in [-0.2, 0) is 9.63 Å². The van der Waals surface area contributed by atoms with E-state index in [0.717, 1.165) is 70.2 Å². The zero-order valence-electron chi connectivity index (χ0n) is 24.9. The first-order valence-electron chi connectivity index (χ1n) is 13.8. The van der Waals surface area contributed by atoms with Crippen LogP contribution in [-0.4, -0.2) is 76.8 Å². The van der Waals surface area contributed by atoms with E-state index in [4.69, 9.17) is 4.84 Å². The third-order valence-electron chi connectivity index (χ3n) is 7.09. The molecule has 3 aromatic rings. The molecule has 1 aromatic carbocycles. The lowest BCUT2D eigenvalue weighted by molar-refractivity contribution is -0.119. The van der Waals surface area contributed by atoms with Gasteiger partial charge in [-0.1, -0.05) is 41.6 Å². The van der Waals surface area contributed by atoms with Crippen molar-refractivity contribution in [2.24, 2.45) is 10.1 Å². The van der Waals surface area contributed by atoms with Crippen LogP contribution in [0, 0.1) is 20.8 Å². The highest BCUT2D eigenvalue weighted by molar-refractivity contribution is 8.02. The van der Waals surface area contributed by atoms with Gasteiger partial charge >= 0.3 is 0 Å². The van der Waals surface area contributed by atoms with Gasteiger partial charge < -0.3 is 15.1 Å². The van der Waals surface area contributed by atoms with Crippen LogP contribution in [0.2, 0.25) is 0 Å². The van der Waals surface area contributed by atoms with E-state index in [1.165, 1.54) is 5.56 Å². The molecular formula is C31H39N7O2S2. The van der Waals surface area contributed by atoms with Crippen LogP contribution in [0.25, 0.3) is 5.70 Å². The second-order valence-corrected chi connectivity index (χ2v) is 12.4. The minimum absolute atomic E-state index is 0.318. The number of hydrogen-bond donors (Lipinski definition) is 1. The molecule has 0 spiro atoms. The Morgan fingerprint density at radius 2 is 2.00 bits per heavy atom. The van der Waals surface area contributed by atoms with E-state index in [9.17, 15) is 4.79 Å². The lowest BCUT2D eigenvalue weighted by Crippen LogP contribution is -2.44. The number of piperazine rings is 1. The minimum Gasteiger partial charge on any atom is -0.399 e. The third-order valence-corrected chi connectivity index (χ3v) is 8.88. The lowest BCUT2D eigenvalue weighted by Gasteiger charge is -2.30. The zero-order valence-corrected chi connectivity index (χ0v) is 26.5. The number of hydrogen-bond acceptors (Lipinski definition) is 10. The average Bonchev–Trinajstić information content (AvgIpc) is 3.63. The number of aryl methyl sites for hydroxylation is 3. The van der Waals surface area contributed by atoms with Gasteiger partial charge in [-0.15, -0.1) is 23.1 Å². The molecule has 222 valence electrons. The minimum atomic E-state index is 0.318. The number of nitrogens with zero attached hydrogens (tertiary/aromatic N) is 6. The fourth-order valence-corrected chi connectivity index (χ4v) is 6.88. The molecule has 2 aliphatic heterocycles. The maximum atomic E-state index is 11.2. The fraction of sp³-hybridized carbons (Fsp3) is 0.387. The van der Waals surface area contributed by atoms with Gasteiger partial charge in [0.1, 0.15) is 12.9 Å². The zero-order chi connectivity index (χ0) is 30.1. The van der Waals surface area contributed by atoms with Crippen LogP contribution < -0.4 is 5.32 Å². The Bertz CT molecular complexity index is 1390. The Morgan fingerprint density at radius 3 is 2.62 bits per heavy atom. The van der Waals surface area contributed by atoms with Gasteiger partial charge in [-0.25, -0.2) is 9.97 Å². The molecule has 2 saturated heterocycles. The van der Waals surface area contributed by atoms with Gasteiger partial charge in [0.15, 0.2) is 0 Å². The van der Waals surface area contributed by atoms with E-state index >= 15 is 0 Å². The number of aliphatic imine (C=N–C) groups is 1. The van der Waals surface area contributed by atoms with Crippen molar-refractivity contribution in [2.45, 2.75) is 52.2 Å². The normalized spacial score (nSPS) is 21.5. The predicted molar refractivity (Wildman–Crippen MR) is 175 cm³/mol. The molecular weight excluding hydrogens is 567 g/mol. The standard InChI is InChI=1S/C16H21N3O2.C15H18N4S2/c1-12(17-21-2)8-14-9-18(11-20)10-15-16(19(14)15)13-6-4-3-5-7-13;1-10-5-6-14(17-7-10)18-9-20-8-13(16-4)15-11(2)19-12(3)21-15/h3-7,11,14-16H,8-10H2,1-2H3;5-8H,4,9H2,1-3H3,(H,17,18)/b17-12-;13-8-/t14-,15-,16?,19?;/m0./s1. The molecule has 2 fully saturated rings.